The summed E-state index contributed by atoms with van der Waals surface area (Å²) in [5.41, 5.74) is 1.83. The number of benzene rings is 1. The van der Waals surface area contributed by atoms with Gasteiger partial charge in [0.25, 0.3) is 0 Å². The number of carbonyl (C=O) groups excluding carboxylic acids is 2. The van der Waals surface area contributed by atoms with Gasteiger partial charge in [-0.2, -0.15) is 0 Å². The Kier molecular flexibility index (Phi) is 5.34. The van der Waals surface area contributed by atoms with Crippen LogP contribution in [0.5, 0.6) is 0 Å². The van der Waals surface area contributed by atoms with Crippen molar-refractivity contribution in [2.24, 2.45) is 5.92 Å². The quantitative estimate of drug-likeness (QED) is 0.746. The van der Waals surface area contributed by atoms with Crippen molar-refractivity contribution in [3.63, 3.8) is 0 Å². The summed E-state index contributed by atoms with van der Waals surface area (Å²) in [7, 11) is 0. The average molecular weight is 389 g/mol. The number of nitrogens with zero attached hydrogens (tertiary/aromatic N) is 2. The number of aryl methyl sites for hydroxylation is 1. The molecule has 1 aromatic carbocycles. The first kappa shape index (κ1) is 18.3. The van der Waals surface area contributed by atoms with Crippen molar-refractivity contribution in [1.29, 1.82) is 0 Å². The monoisotopic (exact) mass is 388 g/mol. The molecule has 2 aromatic rings. The maximum absolute atomic E-state index is 12.6. The highest BCUT2D eigenvalue weighted by Crippen LogP contribution is 2.33. The average Bonchev–Trinajstić information content (AvgIpc) is 3.45. The highest BCUT2D eigenvalue weighted by molar-refractivity contribution is 6.31. The van der Waals surface area contributed by atoms with Gasteiger partial charge in [0.15, 0.2) is 0 Å². The van der Waals surface area contributed by atoms with Gasteiger partial charge >= 0.3 is 0 Å². The van der Waals surface area contributed by atoms with E-state index in [9.17, 15) is 9.59 Å². The van der Waals surface area contributed by atoms with Crippen LogP contribution < -0.4 is 5.32 Å². The van der Waals surface area contributed by atoms with E-state index in [0.717, 1.165) is 68.3 Å². The van der Waals surface area contributed by atoms with E-state index < -0.39 is 0 Å². The lowest BCUT2D eigenvalue weighted by Crippen LogP contribution is -2.52. The largest absolute Gasteiger partial charge is 0.354 e. The first-order valence-corrected chi connectivity index (χ1v) is 10.2. The number of hydrogen-bond donors (Lipinski definition) is 2. The van der Waals surface area contributed by atoms with Gasteiger partial charge < -0.3 is 15.2 Å². The van der Waals surface area contributed by atoms with Crippen LogP contribution >= 0.6 is 11.6 Å². The highest BCUT2D eigenvalue weighted by atomic mass is 35.5. The van der Waals surface area contributed by atoms with Crippen LogP contribution in [0.25, 0.3) is 11.0 Å². The van der Waals surface area contributed by atoms with Gasteiger partial charge in [-0.05, 0) is 56.7 Å². The number of nitrogens with one attached hydrogen (secondary N) is 2. The number of imidazole rings is 1. The van der Waals surface area contributed by atoms with Gasteiger partial charge in [-0.1, -0.05) is 11.6 Å². The Hall–Kier alpha value is -2.08. The van der Waals surface area contributed by atoms with E-state index in [1.54, 1.807) is 0 Å². The van der Waals surface area contributed by atoms with Crippen LogP contribution in [-0.4, -0.2) is 45.8 Å². The van der Waals surface area contributed by atoms with Gasteiger partial charge in [0, 0.05) is 30.5 Å². The molecule has 1 aliphatic carbocycles. The van der Waals surface area contributed by atoms with E-state index in [4.69, 9.17) is 11.6 Å². The maximum atomic E-state index is 12.6. The topological polar surface area (TPSA) is 78.1 Å². The fraction of sp³-hybridized carbons (Fsp3) is 0.550. The summed E-state index contributed by atoms with van der Waals surface area (Å²) in [4.78, 5) is 34.7. The third-order valence-corrected chi connectivity index (χ3v) is 5.63. The fourth-order valence-corrected chi connectivity index (χ4v) is 3.94. The highest BCUT2D eigenvalue weighted by Gasteiger charge is 2.39. The van der Waals surface area contributed by atoms with Gasteiger partial charge in [0.2, 0.25) is 11.8 Å². The SMILES string of the molecule is O=C(NCCCc1nc2ccc(Cl)cc2[nH]1)C1CCCCN1C(=O)C1CC1. The molecule has 1 aromatic heterocycles. The number of likely N-dealkylation sites (tertiary alicyclic amines) is 1. The number of aromatic nitrogens is 2. The molecule has 1 saturated heterocycles. The zero-order valence-corrected chi connectivity index (χ0v) is 16.1. The van der Waals surface area contributed by atoms with Crippen LogP contribution in [0.15, 0.2) is 18.2 Å². The molecule has 1 unspecified atom stereocenters. The maximum Gasteiger partial charge on any atom is 0.242 e. The Morgan fingerprint density at radius 3 is 2.93 bits per heavy atom. The lowest BCUT2D eigenvalue weighted by Gasteiger charge is -2.35. The smallest absolute Gasteiger partial charge is 0.242 e. The van der Waals surface area contributed by atoms with Crippen molar-refractivity contribution in [2.75, 3.05) is 13.1 Å². The first-order chi connectivity index (χ1) is 13.1. The van der Waals surface area contributed by atoms with Crippen LogP contribution in [0.3, 0.4) is 0 Å². The molecule has 27 heavy (non-hydrogen) atoms. The minimum atomic E-state index is -0.291. The second-order valence-electron chi connectivity index (χ2n) is 7.56. The van der Waals surface area contributed by atoms with E-state index >= 15 is 0 Å². The number of H-pyrrole nitrogens is 1. The summed E-state index contributed by atoms with van der Waals surface area (Å²) in [6, 6.07) is 5.30. The third kappa shape index (κ3) is 4.26. The van der Waals surface area contributed by atoms with Gasteiger partial charge in [0.1, 0.15) is 11.9 Å². The number of carbonyl (C=O) groups is 2. The van der Waals surface area contributed by atoms with Crippen LogP contribution in [0.2, 0.25) is 5.02 Å². The number of fused-ring (bicyclic) bond motifs is 1. The number of halogens is 1. The summed E-state index contributed by atoms with van der Waals surface area (Å²) in [6.45, 7) is 1.30. The van der Waals surface area contributed by atoms with E-state index in [-0.39, 0.29) is 23.8 Å². The zero-order valence-electron chi connectivity index (χ0n) is 15.3. The van der Waals surface area contributed by atoms with Crippen molar-refractivity contribution >= 4 is 34.4 Å². The zero-order chi connectivity index (χ0) is 18.8. The summed E-state index contributed by atoms with van der Waals surface area (Å²) in [5.74, 6) is 1.22. The fourth-order valence-electron chi connectivity index (χ4n) is 3.77. The van der Waals surface area contributed by atoms with Gasteiger partial charge in [-0.15, -0.1) is 0 Å². The number of piperidine rings is 1. The second kappa shape index (κ2) is 7.89. The van der Waals surface area contributed by atoms with E-state index in [1.807, 2.05) is 23.1 Å². The molecule has 4 rings (SSSR count). The molecule has 0 radical (unpaired) electrons. The Balaban J connectivity index is 1.27. The molecule has 2 fully saturated rings. The van der Waals surface area contributed by atoms with E-state index in [2.05, 4.69) is 15.3 Å². The summed E-state index contributed by atoms with van der Waals surface area (Å²) in [5, 5.41) is 3.70. The van der Waals surface area contributed by atoms with Crippen molar-refractivity contribution in [3.05, 3.63) is 29.0 Å². The molecule has 1 saturated carbocycles. The Morgan fingerprint density at radius 1 is 1.26 bits per heavy atom. The van der Waals surface area contributed by atoms with Gasteiger partial charge in [0.05, 0.1) is 11.0 Å². The number of aromatic amines is 1. The van der Waals surface area contributed by atoms with E-state index in [0.29, 0.717) is 11.6 Å². The molecule has 0 spiro atoms. The van der Waals surface area contributed by atoms with Crippen LogP contribution in [0, 0.1) is 5.92 Å². The molecule has 6 nitrogen and oxygen atoms in total. The van der Waals surface area contributed by atoms with E-state index in [1.165, 1.54) is 0 Å². The molecule has 2 heterocycles. The molecule has 2 N–H and O–H groups in total. The van der Waals surface area contributed by atoms with Crippen molar-refractivity contribution in [2.45, 2.75) is 51.0 Å². The standard InChI is InChI=1S/C20H25ClN4O2/c21-14-8-9-15-16(12-14)24-18(23-15)5-3-10-22-19(26)17-4-1-2-11-25(17)20(27)13-6-7-13/h8-9,12-13,17H,1-7,10-11H2,(H,22,26)(H,23,24). The Labute approximate surface area is 163 Å². The minimum absolute atomic E-state index is 0.0138. The second-order valence-corrected chi connectivity index (χ2v) is 7.99. The minimum Gasteiger partial charge on any atom is -0.354 e. The normalized spacial score (nSPS) is 20.0. The lowest BCUT2D eigenvalue weighted by molar-refractivity contribution is -0.143. The molecule has 7 heteroatoms. The van der Waals surface area contributed by atoms with Gasteiger partial charge in [-0.3, -0.25) is 9.59 Å². The molecule has 144 valence electrons. The molecule has 0 bridgehead atoms. The first-order valence-electron chi connectivity index (χ1n) is 9.84. The summed E-state index contributed by atoms with van der Waals surface area (Å²) in [6.07, 6.45) is 6.28. The predicted molar refractivity (Wildman–Crippen MR) is 105 cm³/mol. The third-order valence-electron chi connectivity index (χ3n) is 5.40. The molecular formula is C20H25ClN4O2. The summed E-state index contributed by atoms with van der Waals surface area (Å²) < 4.78 is 0. The predicted octanol–water partition coefficient (Wildman–Crippen LogP) is 3.06. The number of amides is 2. The van der Waals surface area contributed by atoms with Crippen molar-refractivity contribution in [3.8, 4) is 0 Å². The molecule has 2 aliphatic rings. The lowest BCUT2D eigenvalue weighted by atomic mass is 10.0. The van der Waals surface area contributed by atoms with Crippen LogP contribution in [0.1, 0.15) is 44.3 Å². The summed E-state index contributed by atoms with van der Waals surface area (Å²) >= 11 is 6.00. The molecule has 2 amide bonds. The van der Waals surface area contributed by atoms with Crippen molar-refractivity contribution < 1.29 is 9.59 Å². The van der Waals surface area contributed by atoms with Crippen LogP contribution in [-0.2, 0) is 16.0 Å². The van der Waals surface area contributed by atoms with Crippen molar-refractivity contribution in [1.82, 2.24) is 20.2 Å². The van der Waals surface area contributed by atoms with Gasteiger partial charge in [-0.25, -0.2) is 4.98 Å². The number of rotatable bonds is 6. The Morgan fingerprint density at radius 2 is 2.11 bits per heavy atom. The molecule has 1 atom stereocenters. The number of hydrogen-bond acceptors (Lipinski definition) is 3. The Bertz CT molecular complexity index is 846. The molecular weight excluding hydrogens is 364 g/mol. The molecule has 1 aliphatic heterocycles. The van der Waals surface area contributed by atoms with Crippen LogP contribution in [0.4, 0.5) is 0 Å².